The smallest absolute Gasteiger partial charge is 0.191 e. The second-order valence-corrected chi connectivity index (χ2v) is 4.59. The molecule has 0 saturated carbocycles. The highest BCUT2D eigenvalue weighted by atomic mass is 127. The predicted molar refractivity (Wildman–Crippen MR) is 95.7 cm³/mol. The number of guanidine groups is 1. The van der Waals surface area contributed by atoms with Gasteiger partial charge in [-0.1, -0.05) is 0 Å². The van der Waals surface area contributed by atoms with Gasteiger partial charge in [0.25, 0.3) is 0 Å². The van der Waals surface area contributed by atoms with Gasteiger partial charge >= 0.3 is 0 Å². The molecule has 0 radical (unpaired) electrons. The molecule has 2 N–H and O–H groups in total. The molecule has 7 heteroatoms. The van der Waals surface area contributed by atoms with Crippen LogP contribution in [0.4, 0.5) is 0 Å². The van der Waals surface area contributed by atoms with Crippen molar-refractivity contribution in [1.29, 1.82) is 0 Å². The number of hydrogen-bond donors (Lipinski definition) is 2. The van der Waals surface area contributed by atoms with Crippen molar-refractivity contribution in [3.63, 3.8) is 0 Å². The van der Waals surface area contributed by atoms with Crippen LogP contribution in [-0.4, -0.2) is 64.7 Å². The molecule has 0 spiro atoms. The summed E-state index contributed by atoms with van der Waals surface area (Å²) in [6, 6.07) is 0. The molecule has 0 aromatic heterocycles. The van der Waals surface area contributed by atoms with Crippen LogP contribution in [0.25, 0.3) is 0 Å². The monoisotopic (exact) mass is 415 g/mol. The van der Waals surface area contributed by atoms with Gasteiger partial charge in [0, 0.05) is 26.3 Å². The Bertz CT molecular complexity index is 262. The molecule has 126 valence electrons. The molecular formula is C14H30IN3O3. The van der Waals surface area contributed by atoms with Crippen molar-refractivity contribution < 1.29 is 14.2 Å². The van der Waals surface area contributed by atoms with Crippen molar-refractivity contribution >= 4 is 29.9 Å². The Balaban J connectivity index is 0.00000400. The minimum atomic E-state index is 0. The Kier molecular flexibility index (Phi) is 14.7. The van der Waals surface area contributed by atoms with Crippen LogP contribution < -0.4 is 10.6 Å². The maximum atomic E-state index is 5.59. The van der Waals surface area contributed by atoms with Crippen molar-refractivity contribution in [2.75, 3.05) is 52.7 Å². The lowest BCUT2D eigenvalue weighted by Crippen LogP contribution is -2.39. The van der Waals surface area contributed by atoms with Crippen molar-refractivity contribution in [2.45, 2.75) is 32.8 Å². The van der Waals surface area contributed by atoms with E-state index in [9.17, 15) is 0 Å². The van der Waals surface area contributed by atoms with Crippen molar-refractivity contribution in [3.8, 4) is 0 Å². The molecule has 0 amide bonds. The van der Waals surface area contributed by atoms with E-state index in [0.29, 0.717) is 32.5 Å². The fourth-order valence-electron chi connectivity index (χ4n) is 1.94. The van der Waals surface area contributed by atoms with Crippen LogP contribution >= 0.6 is 24.0 Å². The number of nitrogens with one attached hydrogen (secondary N) is 2. The minimum absolute atomic E-state index is 0. The molecule has 1 rings (SSSR count). The van der Waals surface area contributed by atoms with Gasteiger partial charge in [-0.3, -0.25) is 4.99 Å². The Morgan fingerprint density at radius 1 is 1.24 bits per heavy atom. The first-order chi connectivity index (χ1) is 9.86. The van der Waals surface area contributed by atoms with Gasteiger partial charge in [0.05, 0.1) is 32.5 Å². The zero-order chi connectivity index (χ0) is 14.5. The van der Waals surface area contributed by atoms with Crippen LogP contribution in [0.2, 0.25) is 0 Å². The maximum absolute atomic E-state index is 5.59. The van der Waals surface area contributed by atoms with Crippen molar-refractivity contribution in [3.05, 3.63) is 0 Å². The van der Waals surface area contributed by atoms with E-state index < -0.39 is 0 Å². The quantitative estimate of drug-likeness (QED) is 0.244. The average molecular weight is 415 g/mol. The third kappa shape index (κ3) is 11.1. The van der Waals surface area contributed by atoms with Crippen LogP contribution in [0, 0.1) is 0 Å². The molecule has 1 atom stereocenters. The average Bonchev–Trinajstić information content (AvgIpc) is 2.96. The zero-order valence-electron chi connectivity index (χ0n) is 13.2. The molecule has 1 saturated heterocycles. The Morgan fingerprint density at radius 3 is 2.76 bits per heavy atom. The molecule has 1 aliphatic rings. The van der Waals surface area contributed by atoms with Gasteiger partial charge in [-0.15, -0.1) is 24.0 Å². The molecule has 1 unspecified atom stereocenters. The first kappa shape index (κ1) is 20.9. The minimum Gasteiger partial charge on any atom is -0.380 e. The number of rotatable bonds is 10. The molecule has 21 heavy (non-hydrogen) atoms. The van der Waals surface area contributed by atoms with Crippen LogP contribution in [-0.2, 0) is 14.2 Å². The summed E-state index contributed by atoms with van der Waals surface area (Å²) in [5.74, 6) is 0.813. The molecule has 6 nitrogen and oxygen atoms in total. The van der Waals surface area contributed by atoms with E-state index in [1.165, 1.54) is 0 Å². The number of ether oxygens (including phenoxy) is 3. The van der Waals surface area contributed by atoms with Gasteiger partial charge in [-0.2, -0.15) is 0 Å². The maximum Gasteiger partial charge on any atom is 0.191 e. The third-order valence-corrected chi connectivity index (χ3v) is 2.92. The van der Waals surface area contributed by atoms with Crippen molar-refractivity contribution in [2.24, 2.45) is 4.99 Å². The highest BCUT2D eigenvalue weighted by Crippen LogP contribution is 2.11. The van der Waals surface area contributed by atoms with Gasteiger partial charge in [0.1, 0.15) is 0 Å². The molecule has 0 aromatic carbocycles. The van der Waals surface area contributed by atoms with E-state index in [2.05, 4.69) is 15.6 Å². The highest BCUT2D eigenvalue weighted by molar-refractivity contribution is 14.0. The van der Waals surface area contributed by atoms with Gasteiger partial charge in [0.15, 0.2) is 5.96 Å². The lowest BCUT2D eigenvalue weighted by Gasteiger charge is -2.13. The van der Waals surface area contributed by atoms with Crippen molar-refractivity contribution in [1.82, 2.24) is 10.6 Å². The topological polar surface area (TPSA) is 64.1 Å². The molecule has 1 fully saturated rings. The normalized spacial score (nSPS) is 18.4. The number of nitrogens with zero attached hydrogens (tertiary/aromatic N) is 1. The third-order valence-electron chi connectivity index (χ3n) is 2.92. The number of aliphatic imine (C=N–C) groups is 1. The molecular weight excluding hydrogens is 385 g/mol. The summed E-state index contributed by atoms with van der Waals surface area (Å²) < 4.78 is 16.4. The summed E-state index contributed by atoms with van der Waals surface area (Å²) >= 11 is 0. The van der Waals surface area contributed by atoms with E-state index >= 15 is 0 Å². The first-order valence-electron chi connectivity index (χ1n) is 7.66. The SMILES string of the molecule is CCNC(=NCCOCC)NCCOCC1CCCO1.I. The molecule has 1 aliphatic heterocycles. The Hall–Kier alpha value is -0.120. The van der Waals surface area contributed by atoms with E-state index in [4.69, 9.17) is 14.2 Å². The molecule has 0 aliphatic carbocycles. The summed E-state index contributed by atoms with van der Waals surface area (Å²) in [5, 5.41) is 6.44. The number of hydrogen-bond acceptors (Lipinski definition) is 4. The fraction of sp³-hybridized carbons (Fsp3) is 0.929. The van der Waals surface area contributed by atoms with E-state index in [0.717, 1.165) is 45.1 Å². The molecule has 0 aromatic rings. The summed E-state index contributed by atoms with van der Waals surface area (Å²) in [6.45, 7) is 9.91. The van der Waals surface area contributed by atoms with Crippen LogP contribution in [0.3, 0.4) is 0 Å². The highest BCUT2D eigenvalue weighted by Gasteiger charge is 2.14. The summed E-state index contributed by atoms with van der Waals surface area (Å²) in [7, 11) is 0. The summed E-state index contributed by atoms with van der Waals surface area (Å²) in [4.78, 5) is 4.42. The largest absolute Gasteiger partial charge is 0.380 e. The summed E-state index contributed by atoms with van der Waals surface area (Å²) in [6.07, 6.45) is 2.57. The number of halogens is 1. The fourth-order valence-corrected chi connectivity index (χ4v) is 1.94. The lowest BCUT2D eigenvalue weighted by molar-refractivity contribution is 0.0191. The van der Waals surface area contributed by atoms with Gasteiger partial charge in [-0.25, -0.2) is 0 Å². The Labute approximate surface area is 145 Å². The molecule has 1 heterocycles. The van der Waals surface area contributed by atoms with Crippen LogP contribution in [0.15, 0.2) is 4.99 Å². The first-order valence-corrected chi connectivity index (χ1v) is 7.66. The van der Waals surface area contributed by atoms with Gasteiger partial charge < -0.3 is 24.8 Å². The van der Waals surface area contributed by atoms with E-state index in [1.54, 1.807) is 0 Å². The second kappa shape index (κ2) is 14.8. The predicted octanol–water partition coefficient (Wildman–Crippen LogP) is 1.39. The Morgan fingerprint density at radius 2 is 2.10 bits per heavy atom. The van der Waals surface area contributed by atoms with Crippen LogP contribution in [0.5, 0.6) is 0 Å². The van der Waals surface area contributed by atoms with E-state index in [1.807, 2.05) is 13.8 Å². The van der Waals surface area contributed by atoms with Crippen LogP contribution in [0.1, 0.15) is 26.7 Å². The second-order valence-electron chi connectivity index (χ2n) is 4.59. The van der Waals surface area contributed by atoms with Gasteiger partial charge in [-0.05, 0) is 26.7 Å². The molecule has 0 bridgehead atoms. The van der Waals surface area contributed by atoms with E-state index in [-0.39, 0.29) is 24.0 Å². The van der Waals surface area contributed by atoms with Gasteiger partial charge in [0.2, 0.25) is 0 Å². The standard InChI is InChI=1S/C14H29N3O3.HI/c1-3-15-14(16-7-10-18-4-2)17-8-11-19-12-13-6-5-9-20-13;/h13H,3-12H2,1-2H3,(H2,15,16,17);1H. The summed E-state index contributed by atoms with van der Waals surface area (Å²) in [5.41, 5.74) is 0. The lowest BCUT2D eigenvalue weighted by atomic mass is 10.2. The zero-order valence-corrected chi connectivity index (χ0v) is 15.6.